The summed E-state index contributed by atoms with van der Waals surface area (Å²) in [5.41, 5.74) is 0.707. The summed E-state index contributed by atoms with van der Waals surface area (Å²) in [5, 5.41) is 12.0. The molecular weight excluding hydrogens is 408 g/mol. The molecule has 1 aromatic heterocycles. The van der Waals surface area contributed by atoms with Gasteiger partial charge in [0.2, 0.25) is 5.76 Å². The fourth-order valence-corrected chi connectivity index (χ4v) is 2.72. The number of nitrogens with zero attached hydrogens (tertiary/aromatic N) is 1. The number of hydrogen-bond donors (Lipinski definition) is 2. The summed E-state index contributed by atoms with van der Waals surface area (Å²) >= 11 is 3.19. The Labute approximate surface area is 156 Å². The molecule has 1 aromatic carbocycles. The summed E-state index contributed by atoms with van der Waals surface area (Å²) in [6, 6.07) is 6.97. The normalized spacial score (nSPS) is 15.5. The Kier molecular flexibility index (Phi) is 4.81. The van der Waals surface area contributed by atoms with Crippen LogP contribution in [0, 0.1) is 0 Å². The molecule has 3 rings (SSSR count). The fraction of sp³-hybridized carbons (Fsp3) is 0.118. The smallest absolute Gasteiger partial charge is 0.373 e. The lowest BCUT2D eigenvalue weighted by atomic mass is 10.2. The summed E-state index contributed by atoms with van der Waals surface area (Å²) in [5.74, 6) is -0.862. The van der Waals surface area contributed by atoms with Crippen LogP contribution < -0.4 is 5.32 Å². The second kappa shape index (κ2) is 7.04. The molecule has 0 bridgehead atoms. The summed E-state index contributed by atoms with van der Waals surface area (Å²) < 4.78 is 10.3. The zero-order valence-corrected chi connectivity index (χ0v) is 15.1. The van der Waals surface area contributed by atoms with Crippen LogP contribution in [-0.4, -0.2) is 35.0 Å². The van der Waals surface area contributed by atoms with Crippen LogP contribution in [0.15, 0.2) is 44.9 Å². The number of amides is 3. The molecule has 1 aliphatic rings. The molecule has 2 aromatic rings. The molecule has 1 fully saturated rings. The van der Waals surface area contributed by atoms with Crippen molar-refractivity contribution in [3.8, 4) is 5.75 Å². The van der Waals surface area contributed by atoms with Gasteiger partial charge in [-0.2, -0.15) is 0 Å². The van der Waals surface area contributed by atoms with Crippen molar-refractivity contribution in [2.75, 3.05) is 7.11 Å². The number of benzene rings is 1. The number of rotatable bonds is 4. The summed E-state index contributed by atoms with van der Waals surface area (Å²) in [6.45, 7) is -0.127. The third kappa shape index (κ3) is 3.47. The van der Waals surface area contributed by atoms with Crippen LogP contribution in [0.4, 0.5) is 4.79 Å². The quantitative estimate of drug-likeness (QED) is 0.446. The van der Waals surface area contributed by atoms with Gasteiger partial charge in [-0.1, -0.05) is 6.07 Å². The lowest BCUT2D eigenvalue weighted by molar-refractivity contribution is -0.123. The topological polar surface area (TPSA) is 109 Å². The first-order valence-electron chi connectivity index (χ1n) is 7.39. The molecule has 0 spiro atoms. The van der Waals surface area contributed by atoms with Crippen molar-refractivity contribution in [2.24, 2.45) is 0 Å². The van der Waals surface area contributed by atoms with E-state index >= 15 is 0 Å². The van der Waals surface area contributed by atoms with Gasteiger partial charge in [0, 0.05) is 0 Å². The first kappa shape index (κ1) is 17.7. The van der Waals surface area contributed by atoms with Crippen LogP contribution in [0.5, 0.6) is 5.75 Å². The molecule has 8 nitrogen and oxygen atoms in total. The first-order valence-corrected chi connectivity index (χ1v) is 8.18. The van der Waals surface area contributed by atoms with Crippen molar-refractivity contribution in [2.45, 2.75) is 6.54 Å². The minimum absolute atomic E-state index is 0.0146. The van der Waals surface area contributed by atoms with Crippen LogP contribution in [0.3, 0.4) is 0 Å². The maximum absolute atomic E-state index is 12.5. The first-order chi connectivity index (χ1) is 12.4. The van der Waals surface area contributed by atoms with Crippen molar-refractivity contribution in [3.63, 3.8) is 0 Å². The van der Waals surface area contributed by atoms with Crippen LogP contribution in [0.1, 0.15) is 21.9 Å². The van der Waals surface area contributed by atoms with Gasteiger partial charge in [-0.3, -0.25) is 9.69 Å². The summed E-state index contributed by atoms with van der Waals surface area (Å²) in [7, 11) is 1.22. The maximum atomic E-state index is 12.5. The highest BCUT2D eigenvalue weighted by Crippen LogP contribution is 2.26. The zero-order chi connectivity index (χ0) is 18.8. The Morgan fingerprint density at radius 1 is 1.35 bits per heavy atom. The Bertz CT molecular complexity index is 933. The van der Waals surface area contributed by atoms with Crippen molar-refractivity contribution in [1.82, 2.24) is 10.2 Å². The van der Waals surface area contributed by atoms with Gasteiger partial charge in [0.15, 0.2) is 0 Å². The number of hydrogen-bond acceptors (Lipinski definition) is 6. The van der Waals surface area contributed by atoms with Gasteiger partial charge in [0.05, 0.1) is 18.1 Å². The van der Waals surface area contributed by atoms with E-state index in [2.05, 4.69) is 26.0 Å². The third-order valence-electron chi connectivity index (χ3n) is 3.61. The molecule has 2 N–H and O–H groups in total. The van der Waals surface area contributed by atoms with Gasteiger partial charge in [0.1, 0.15) is 17.2 Å². The highest BCUT2D eigenvalue weighted by Gasteiger charge is 2.34. The van der Waals surface area contributed by atoms with E-state index in [0.717, 1.165) is 4.90 Å². The Morgan fingerprint density at radius 2 is 2.12 bits per heavy atom. The van der Waals surface area contributed by atoms with Crippen LogP contribution in [-0.2, 0) is 16.1 Å². The average Bonchev–Trinajstić information content (AvgIpc) is 3.18. The van der Waals surface area contributed by atoms with E-state index in [9.17, 15) is 19.5 Å². The molecule has 0 atom stereocenters. The molecule has 2 heterocycles. The predicted octanol–water partition coefficient (Wildman–Crippen LogP) is 2.63. The van der Waals surface area contributed by atoms with Crippen LogP contribution in [0.25, 0.3) is 6.08 Å². The number of furan rings is 1. The zero-order valence-electron chi connectivity index (χ0n) is 13.5. The number of nitrogens with one attached hydrogen (secondary N) is 1. The number of phenolic OH excluding ortho intramolecular Hbond substituents is 1. The Balaban J connectivity index is 1.78. The van der Waals surface area contributed by atoms with E-state index in [1.165, 1.54) is 31.4 Å². The van der Waals surface area contributed by atoms with Crippen LogP contribution in [0.2, 0.25) is 0 Å². The predicted molar refractivity (Wildman–Crippen MR) is 92.9 cm³/mol. The number of urea groups is 1. The summed E-state index contributed by atoms with van der Waals surface area (Å²) in [6.07, 6.45) is 1.49. The van der Waals surface area contributed by atoms with Gasteiger partial charge >= 0.3 is 12.0 Å². The molecule has 0 radical (unpaired) electrons. The number of carbonyl (C=O) groups excluding carboxylic acids is 3. The number of imide groups is 1. The maximum Gasteiger partial charge on any atom is 0.373 e. The highest BCUT2D eigenvalue weighted by atomic mass is 79.9. The van der Waals surface area contributed by atoms with E-state index in [0.29, 0.717) is 10.0 Å². The van der Waals surface area contributed by atoms with E-state index < -0.39 is 17.9 Å². The van der Waals surface area contributed by atoms with E-state index in [1.54, 1.807) is 12.1 Å². The minimum Gasteiger partial charge on any atom is -0.507 e. The van der Waals surface area contributed by atoms with Gasteiger partial charge in [-0.25, -0.2) is 9.59 Å². The van der Waals surface area contributed by atoms with E-state index in [-0.39, 0.29) is 29.5 Å². The van der Waals surface area contributed by atoms with Gasteiger partial charge in [-0.05, 0) is 51.8 Å². The highest BCUT2D eigenvalue weighted by molar-refractivity contribution is 9.10. The third-order valence-corrected chi connectivity index (χ3v) is 4.24. The lowest BCUT2D eigenvalue weighted by Crippen LogP contribution is -2.30. The lowest BCUT2D eigenvalue weighted by Gasteiger charge is -2.09. The Hall–Kier alpha value is -3.07. The fourth-order valence-electron chi connectivity index (χ4n) is 2.32. The van der Waals surface area contributed by atoms with Crippen LogP contribution >= 0.6 is 15.9 Å². The van der Waals surface area contributed by atoms with E-state index in [1.807, 2.05) is 0 Å². The molecular formula is C17H13BrN2O6. The van der Waals surface area contributed by atoms with Gasteiger partial charge in [-0.15, -0.1) is 0 Å². The number of ether oxygens (including phenoxy) is 1. The standard InChI is InChI=1S/C17H13BrN2O6/c1-25-16(23)14-5-3-10(26-14)8-20-15(22)12(19-17(20)24)7-9-2-4-13(21)11(18)6-9/h2-7,21H,8H2,1H3,(H,19,24)/b12-7-. The molecule has 9 heteroatoms. The minimum atomic E-state index is -0.646. The van der Waals surface area contributed by atoms with Crippen molar-refractivity contribution in [3.05, 3.63) is 57.6 Å². The molecule has 1 saturated heterocycles. The number of methoxy groups -OCH3 is 1. The van der Waals surface area contributed by atoms with E-state index in [4.69, 9.17) is 4.42 Å². The molecule has 3 amide bonds. The molecule has 0 saturated carbocycles. The summed E-state index contributed by atoms with van der Waals surface area (Å²) in [4.78, 5) is 36.9. The van der Waals surface area contributed by atoms with Crippen molar-refractivity contribution >= 4 is 39.9 Å². The molecule has 1 aliphatic heterocycles. The monoisotopic (exact) mass is 420 g/mol. The molecule has 0 aliphatic carbocycles. The number of carbonyl (C=O) groups is 3. The Morgan fingerprint density at radius 3 is 2.81 bits per heavy atom. The molecule has 0 unspecified atom stereocenters. The number of esters is 1. The molecule has 26 heavy (non-hydrogen) atoms. The average molecular weight is 421 g/mol. The second-order valence-electron chi connectivity index (χ2n) is 5.35. The SMILES string of the molecule is COC(=O)c1ccc(CN2C(=O)N/C(=C\c3ccc(O)c(Br)c3)C2=O)o1. The number of phenols is 1. The second-order valence-corrected chi connectivity index (χ2v) is 6.20. The van der Waals surface area contributed by atoms with Crippen molar-refractivity contribution < 1.29 is 28.6 Å². The molecule has 134 valence electrons. The number of halogens is 1. The van der Waals surface area contributed by atoms with Gasteiger partial charge < -0.3 is 19.6 Å². The largest absolute Gasteiger partial charge is 0.507 e. The van der Waals surface area contributed by atoms with Gasteiger partial charge in [0.25, 0.3) is 5.91 Å². The van der Waals surface area contributed by atoms with Crippen molar-refractivity contribution in [1.29, 1.82) is 0 Å². The number of aromatic hydroxyl groups is 1.